The quantitative estimate of drug-likeness (QED) is 0.441. The van der Waals surface area contributed by atoms with Gasteiger partial charge in [-0.3, -0.25) is 15.1 Å². The summed E-state index contributed by atoms with van der Waals surface area (Å²) >= 11 is 0. The Balaban J connectivity index is 1.82. The molecule has 2 rings (SSSR count). The van der Waals surface area contributed by atoms with E-state index in [0.717, 1.165) is 31.8 Å². The third-order valence-electron chi connectivity index (χ3n) is 4.48. The number of ether oxygens (including phenoxy) is 1. The SMILES string of the molecule is CC1CCCN(CC2CCC(C(=O)NN)O2)C1C. The lowest BCUT2D eigenvalue weighted by atomic mass is 9.92. The maximum absolute atomic E-state index is 11.4. The Morgan fingerprint density at radius 2 is 2.17 bits per heavy atom. The predicted octanol–water partition coefficient (Wildman–Crippen LogP) is 0.644. The van der Waals surface area contributed by atoms with Crippen molar-refractivity contribution in [2.24, 2.45) is 11.8 Å². The lowest BCUT2D eigenvalue weighted by Gasteiger charge is -2.39. The van der Waals surface area contributed by atoms with E-state index >= 15 is 0 Å². The molecule has 0 aromatic rings. The highest BCUT2D eigenvalue weighted by Gasteiger charge is 2.33. The molecule has 5 nitrogen and oxygen atoms in total. The fourth-order valence-corrected chi connectivity index (χ4v) is 3.07. The molecule has 0 spiro atoms. The van der Waals surface area contributed by atoms with Crippen LogP contribution in [0.4, 0.5) is 0 Å². The number of hydrogen-bond acceptors (Lipinski definition) is 4. The molecule has 0 radical (unpaired) electrons. The number of carbonyl (C=O) groups is 1. The average molecular weight is 255 g/mol. The third kappa shape index (κ3) is 3.02. The summed E-state index contributed by atoms with van der Waals surface area (Å²) in [6.07, 6.45) is 4.16. The molecule has 2 aliphatic heterocycles. The zero-order valence-corrected chi connectivity index (χ0v) is 11.4. The Morgan fingerprint density at radius 1 is 1.39 bits per heavy atom. The number of nitrogens with one attached hydrogen (secondary N) is 1. The van der Waals surface area contributed by atoms with Crippen molar-refractivity contribution in [2.45, 2.75) is 57.8 Å². The highest BCUT2D eigenvalue weighted by atomic mass is 16.5. The van der Waals surface area contributed by atoms with E-state index < -0.39 is 0 Å². The minimum Gasteiger partial charge on any atom is -0.364 e. The van der Waals surface area contributed by atoms with Gasteiger partial charge in [-0.25, -0.2) is 5.84 Å². The molecule has 2 aliphatic rings. The molecule has 2 saturated heterocycles. The van der Waals surface area contributed by atoms with E-state index in [1.165, 1.54) is 12.8 Å². The molecular formula is C13H25N3O2. The number of piperidine rings is 1. The van der Waals surface area contributed by atoms with Crippen LogP contribution in [0.3, 0.4) is 0 Å². The minimum atomic E-state index is -0.350. The number of likely N-dealkylation sites (tertiary alicyclic amines) is 1. The van der Waals surface area contributed by atoms with Crippen LogP contribution >= 0.6 is 0 Å². The van der Waals surface area contributed by atoms with Gasteiger partial charge in [0.25, 0.3) is 5.91 Å². The Kier molecular flexibility index (Phi) is 4.59. The first kappa shape index (κ1) is 13.8. The maximum Gasteiger partial charge on any atom is 0.263 e. The fraction of sp³-hybridized carbons (Fsp3) is 0.923. The van der Waals surface area contributed by atoms with Crippen LogP contribution in [-0.2, 0) is 9.53 Å². The number of nitrogens with zero attached hydrogens (tertiary/aromatic N) is 1. The van der Waals surface area contributed by atoms with Crippen LogP contribution in [0.5, 0.6) is 0 Å². The molecule has 0 saturated carbocycles. The molecule has 3 N–H and O–H groups in total. The zero-order valence-electron chi connectivity index (χ0n) is 11.4. The van der Waals surface area contributed by atoms with Crippen LogP contribution in [0.25, 0.3) is 0 Å². The number of carbonyl (C=O) groups excluding carboxylic acids is 1. The highest BCUT2D eigenvalue weighted by Crippen LogP contribution is 2.26. The van der Waals surface area contributed by atoms with Crippen LogP contribution in [0.2, 0.25) is 0 Å². The first-order chi connectivity index (χ1) is 8.61. The Morgan fingerprint density at radius 3 is 2.89 bits per heavy atom. The van der Waals surface area contributed by atoms with E-state index in [-0.39, 0.29) is 18.1 Å². The van der Waals surface area contributed by atoms with Crippen molar-refractivity contribution in [2.75, 3.05) is 13.1 Å². The zero-order chi connectivity index (χ0) is 13.1. The van der Waals surface area contributed by atoms with Crippen molar-refractivity contribution in [1.29, 1.82) is 0 Å². The van der Waals surface area contributed by atoms with Gasteiger partial charge < -0.3 is 4.74 Å². The molecule has 0 aliphatic carbocycles. The van der Waals surface area contributed by atoms with E-state index in [1.54, 1.807) is 0 Å². The highest BCUT2D eigenvalue weighted by molar-refractivity contribution is 5.80. The van der Waals surface area contributed by atoms with Crippen LogP contribution in [-0.4, -0.2) is 42.1 Å². The minimum absolute atomic E-state index is 0.181. The lowest BCUT2D eigenvalue weighted by molar-refractivity contribution is -0.132. The van der Waals surface area contributed by atoms with E-state index in [0.29, 0.717) is 6.04 Å². The number of nitrogens with two attached hydrogens (primary N) is 1. The second kappa shape index (κ2) is 5.99. The molecule has 5 heteroatoms. The summed E-state index contributed by atoms with van der Waals surface area (Å²) < 4.78 is 5.77. The lowest BCUT2D eigenvalue weighted by Crippen LogP contribution is -2.46. The second-order valence-corrected chi connectivity index (χ2v) is 5.69. The number of rotatable bonds is 3. The van der Waals surface area contributed by atoms with Crippen LogP contribution in [0, 0.1) is 5.92 Å². The number of hydrazine groups is 1. The summed E-state index contributed by atoms with van der Waals surface area (Å²) in [5, 5.41) is 0. The van der Waals surface area contributed by atoms with Crippen LogP contribution in [0.15, 0.2) is 0 Å². The van der Waals surface area contributed by atoms with Crippen molar-refractivity contribution in [3.63, 3.8) is 0 Å². The van der Waals surface area contributed by atoms with Crippen molar-refractivity contribution in [3.8, 4) is 0 Å². The standard InChI is InChI=1S/C13H25N3O2/c1-9-4-3-7-16(10(9)2)8-11-5-6-12(18-11)13(17)15-14/h9-12H,3-8,14H2,1-2H3,(H,15,17). The number of amides is 1. The van der Waals surface area contributed by atoms with Gasteiger partial charge in [0.15, 0.2) is 0 Å². The molecule has 4 atom stereocenters. The van der Waals surface area contributed by atoms with Gasteiger partial charge in [-0.15, -0.1) is 0 Å². The van der Waals surface area contributed by atoms with Gasteiger partial charge >= 0.3 is 0 Å². The predicted molar refractivity (Wildman–Crippen MR) is 69.7 cm³/mol. The van der Waals surface area contributed by atoms with Crippen LogP contribution in [0.1, 0.15) is 39.5 Å². The Labute approximate surface area is 109 Å². The van der Waals surface area contributed by atoms with Gasteiger partial charge in [-0.2, -0.15) is 0 Å². The largest absolute Gasteiger partial charge is 0.364 e. The molecular weight excluding hydrogens is 230 g/mol. The molecule has 4 unspecified atom stereocenters. The van der Waals surface area contributed by atoms with E-state index in [2.05, 4.69) is 24.2 Å². The molecule has 2 fully saturated rings. The molecule has 1 amide bonds. The van der Waals surface area contributed by atoms with Crippen molar-refractivity contribution >= 4 is 5.91 Å². The van der Waals surface area contributed by atoms with E-state index in [1.807, 2.05) is 0 Å². The molecule has 0 aromatic carbocycles. The van der Waals surface area contributed by atoms with Gasteiger partial charge in [0.2, 0.25) is 0 Å². The first-order valence-corrected chi connectivity index (χ1v) is 7.01. The van der Waals surface area contributed by atoms with E-state index in [4.69, 9.17) is 10.6 Å². The first-order valence-electron chi connectivity index (χ1n) is 7.01. The molecule has 0 aromatic heterocycles. The summed E-state index contributed by atoms with van der Waals surface area (Å²) in [5.74, 6) is 5.69. The number of hydrogen-bond donors (Lipinski definition) is 2. The monoisotopic (exact) mass is 255 g/mol. The summed E-state index contributed by atoms with van der Waals surface area (Å²) in [6, 6.07) is 0.615. The molecule has 104 valence electrons. The van der Waals surface area contributed by atoms with Gasteiger partial charge in [0.05, 0.1) is 6.10 Å². The smallest absolute Gasteiger partial charge is 0.263 e. The fourth-order valence-electron chi connectivity index (χ4n) is 3.07. The van der Waals surface area contributed by atoms with Crippen molar-refractivity contribution < 1.29 is 9.53 Å². The van der Waals surface area contributed by atoms with Gasteiger partial charge in [-0.1, -0.05) is 6.92 Å². The molecule has 0 bridgehead atoms. The maximum atomic E-state index is 11.4. The summed E-state index contributed by atoms with van der Waals surface area (Å²) in [4.78, 5) is 13.9. The third-order valence-corrected chi connectivity index (χ3v) is 4.48. The average Bonchev–Trinajstić information content (AvgIpc) is 2.82. The van der Waals surface area contributed by atoms with Gasteiger partial charge in [0.1, 0.15) is 6.10 Å². The van der Waals surface area contributed by atoms with E-state index in [9.17, 15) is 4.79 Å². The summed E-state index contributed by atoms with van der Waals surface area (Å²) in [5.41, 5.74) is 2.17. The van der Waals surface area contributed by atoms with Crippen molar-refractivity contribution in [3.05, 3.63) is 0 Å². The second-order valence-electron chi connectivity index (χ2n) is 5.69. The normalized spacial score (nSPS) is 37.7. The van der Waals surface area contributed by atoms with Crippen molar-refractivity contribution in [1.82, 2.24) is 10.3 Å². The summed E-state index contributed by atoms with van der Waals surface area (Å²) in [6.45, 7) is 6.71. The molecule has 18 heavy (non-hydrogen) atoms. The Hall–Kier alpha value is -0.650. The topological polar surface area (TPSA) is 67.6 Å². The van der Waals surface area contributed by atoms with Gasteiger partial charge in [-0.05, 0) is 45.1 Å². The van der Waals surface area contributed by atoms with Gasteiger partial charge in [0, 0.05) is 12.6 Å². The molecule has 2 heterocycles. The van der Waals surface area contributed by atoms with Crippen LogP contribution < -0.4 is 11.3 Å². The summed E-state index contributed by atoms with van der Waals surface area (Å²) in [7, 11) is 0. The Bertz CT molecular complexity index is 298.